The van der Waals surface area contributed by atoms with Crippen LogP contribution in [0.4, 0.5) is 0 Å². The number of benzene rings is 2. The van der Waals surface area contributed by atoms with Gasteiger partial charge >= 0.3 is 0 Å². The highest BCUT2D eigenvalue weighted by Crippen LogP contribution is 2.38. The first kappa shape index (κ1) is 22.6. The van der Waals surface area contributed by atoms with Crippen molar-refractivity contribution in [2.75, 3.05) is 0 Å². The molecule has 0 heterocycles. The van der Waals surface area contributed by atoms with Crippen molar-refractivity contribution >= 4 is 20.0 Å². The van der Waals surface area contributed by atoms with E-state index in [1.165, 1.54) is 24.3 Å². The molecular formula is C21H28NO4S2-. The first-order valence-electron chi connectivity index (χ1n) is 9.34. The van der Waals surface area contributed by atoms with Gasteiger partial charge in [0.05, 0.1) is 4.90 Å². The van der Waals surface area contributed by atoms with Gasteiger partial charge in [-0.15, -0.1) is 0 Å². The molecule has 0 bridgehead atoms. The zero-order valence-electron chi connectivity index (χ0n) is 17.2. The molecule has 2 aromatic carbocycles. The summed E-state index contributed by atoms with van der Waals surface area (Å²) >= 11 is 0. The molecule has 7 heteroatoms. The summed E-state index contributed by atoms with van der Waals surface area (Å²) in [5.74, 6) is 0.0166. The van der Waals surface area contributed by atoms with Gasteiger partial charge in [0.15, 0.2) is 0 Å². The molecule has 0 aliphatic rings. The van der Waals surface area contributed by atoms with Crippen LogP contribution in [-0.4, -0.2) is 16.8 Å². The van der Waals surface area contributed by atoms with Gasteiger partial charge in [-0.3, -0.25) is 0 Å². The Morgan fingerprint density at radius 2 is 1.14 bits per heavy atom. The van der Waals surface area contributed by atoms with E-state index >= 15 is 0 Å². The third-order valence-electron chi connectivity index (χ3n) is 4.57. The van der Waals surface area contributed by atoms with Crippen LogP contribution in [0.1, 0.15) is 76.0 Å². The monoisotopic (exact) mass is 422 g/mol. The van der Waals surface area contributed by atoms with Crippen LogP contribution in [0.3, 0.4) is 0 Å². The lowest BCUT2D eigenvalue weighted by molar-refractivity contribution is 0.592. The Labute approximate surface area is 169 Å². The standard InChI is InChI=1S/C21H28NO4S2/c1-14(2)17-12-19(15(3)4)21(20(13-17)16(5)6)28(25,26)22-27(23,24)18-10-8-7-9-11-18/h7-16H,1-6H3/q-1. The van der Waals surface area contributed by atoms with E-state index in [9.17, 15) is 16.8 Å². The Balaban J connectivity index is 2.71. The SMILES string of the molecule is CC(C)c1cc(C(C)C)c(S(=O)(=O)[N-]S(=O)(=O)c2ccccc2)c(C(C)C)c1. The zero-order valence-corrected chi connectivity index (χ0v) is 18.8. The van der Waals surface area contributed by atoms with E-state index in [-0.39, 0.29) is 27.5 Å². The minimum atomic E-state index is -4.42. The molecule has 0 aliphatic carbocycles. The highest BCUT2D eigenvalue weighted by molar-refractivity contribution is 8.12. The molecule has 0 aliphatic heterocycles. The maximum Gasteiger partial charge on any atom is 0.113 e. The van der Waals surface area contributed by atoms with Crippen LogP contribution in [0.5, 0.6) is 0 Å². The minimum Gasteiger partial charge on any atom is -0.428 e. The third kappa shape index (κ3) is 4.82. The van der Waals surface area contributed by atoms with E-state index in [1.54, 1.807) is 6.07 Å². The largest absolute Gasteiger partial charge is 0.428 e. The molecule has 0 aromatic heterocycles. The van der Waals surface area contributed by atoms with E-state index in [0.29, 0.717) is 11.1 Å². The fourth-order valence-electron chi connectivity index (χ4n) is 2.99. The molecule has 2 aromatic rings. The van der Waals surface area contributed by atoms with E-state index in [4.69, 9.17) is 0 Å². The van der Waals surface area contributed by atoms with Gasteiger partial charge in [-0.25, -0.2) is 16.8 Å². The molecule has 0 N–H and O–H groups in total. The van der Waals surface area contributed by atoms with E-state index in [1.807, 2.05) is 53.7 Å². The molecule has 5 nitrogen and oxygen atoms in total. The lowest BCUT2D eigenvalue weighted by Crippen LogP contribution is -2.14. The van der Waals surface area contributed by atoms with Crippen LogP contribution in [-0.2, 0) is 20.0 Å². The highest BCUT2D eigenvalue weighted by Gasteiger charge is 2.24. The Hall–Kier alpha value is -1.70. The molecular weight excluding hydrogens is 394 g/mol. The molecule has 0 radical (unpaired) electrons. The van der Waals surface area contributed by atoms with Gasteiger partial charge in [0.2, 0.25) is 0 Å². The number of hydrogen-bond donors (Lipinski definition) is 0. The van der Waals surface area contributed by atoms with Crippen molar-refractivity contribution in [3.05, 3.63) is 63.3 Å². The summed E-state index contributed by atoms with van der Waals surface area (Å²) < 4.78 is 55.0. The molecule has 0 spiro atoms. The van der Waals surface area contributed by atoms with Crippen molar-refractivity contribution in [2.24, 2.45) is 0 Å². The summed E-state index contributed by atoms with van der Waals surface area (Å²) in [5, 5.41) is 0. The fraction of sp³-hybridized carbons (Fsp3) is 0.429. The van der Waals surface area contributed by atoms with E-state index in [2.05, 4.69) is 4.13 Å². The summed E-state index contributed by atoms with van der Waals surface area (Å²) in [6.45, 7) is 11.7. The normalized spacial score (nSPS) is 12.9. The summed E-state index contributed by atoms with van der Waals surface area (Å²) in [6.07, 6.45) is 0. The zero-order chi connectivity index (χ0) is 21.3. The van der Waals surface area contributed by atoms with Crippen molar-refractivity contribution in [3.8, 4) is 0 Å². The maximum atomic E-state index is 13.2. The molecule has 0 unspecified atom stereocenters. The third-order valence-corrected chi connectivity index (χ3v) is 8.00. The average molecular weight is 423 g/mol. The van der Waals surface area contributed by atoms with Crippen molar-refractivity contribution in [1.82, 2.24) is 0 Å². The van der Waals surface area contributed by atoms with E-state index in [0.717, 1.165) is 5.56 Å². The number of sulfonamides is 2. The van der Waals surface area contributed by atoms with Crippen molar-refractivity contribution in [1.29, 1.82) is 0 Å². The van der Waals surface area contributed by atoms with Gasteiger partial charge in [-0.1, -0.05) is 71.9 Å². The highest BCUT2D eigenvalue weighted by atomic mass is 32.3. The predicted molar refractivity (Wildman–Crippen MR) is 113 cm³/mol. The Bertz CT molecular complexity index is 1010. The summed E-state index contributed by atoms with van der Waals surface area (Å²) in [4.78, 5) is -0.129. The van der Waals surface area contributed by atoms with Crippen LogP contribution in [0.15, 0.2) is 52.3 Å². The summed E-state index contributed by atoms with van der Waals surface area (Å²) in [5.41, 5.74) is 2.22. The Morgan fingerprint density at radius 3 is 1.54 bits per heavy atom. The van der Waals surface area contributed by atoms with E-state index < -0.39 is 20.0 Å². The first-order chi connectivity index (χ1) is 12.9. The Kier molecular flexibility index (Phi) is 6.74. The van der Waals surface area contributed by atoms with Crippen molar-refractivity contribution < 1.29 is 16.8 Å². The summed E-state index contributed by atoms with van der Waals surface area (Å²) in [7, 11) is -8.76. The average Bonchev–Trinajstić information content (AvgIpc) is 2.60. The minimum absolute atomic E-state index is 0.0152. The Morgan fingerprint density at radius 1 is 0.679 bits per heavy atom. The molecule has 0 fully saturated rings. The van der Waals surface area contributed by atoms with Gasteiger partial charge < -0.3 is 4.13 Å². The number of nitrogens with zero attached hydrogens (tertiary/aromatic N) is 1. The molecule has 28 heavy (non-hydrogen) atoms. The van der Waals surface area contributed by atoms with Crippen molar-refractivity contribution in [2.45, 2.75) is 69.1 Å². The topological polar surface area (TPSA) is 82.4 Å². The number of rotatable bonds is 7. The smallest absolute Gasteiger partial charge is 0.113 e. The predicted octanol–water partition coefficient (Wildman–Crippen LogP) is 5.51. The fourth-order valence-corrected chi connectivity index (χ4v) is 6.35. The van der Waals surface area contributed by atoms with Crippen LogP contribution in [0.25, 0.3) is 4.13 Å². The van der Waals surface area contributed by atoms with Crippen LogP contribution < -0.4 is 0 Å². The molecule has 154 valence electrons. The molecule has 0 saturated carbocycles. The second kappa shape index (κ2) is 8.35. The van der Waals surface area contributed by atoms with Gasteiger partial charge in [0.25, 0.3) is 0 Å². The van der Waals surface area contributed by atoms with Gasteiger partial charge in [-0.2, -0.15) is 0 Å². The second-order valence-electron chi connectivity index (χ2n) is 7.83. The molecule has 2 rings (SSSR count). The van der Waals surface area contributed by atoms with Crippen LogP contribution in [0.2, 0.25) is 0 Å². The maximum absolute atomic E-state index is 13.2. The molecule has 0 atom stereocenters. The lowest BCUT2D eigenvalue weighted by Gasteiger charge is -2.28. The van der Waals surface area contributed by atoms with Crippen LogP contribution >= 0.6 is 0 Å². The molecule has 0 saturated heterocycles. The van der Waals surface area contributed by atoms with Gasteiger partial charge in [0, 0.05) is 4.90 Å². The van der Waals surface area contributed by atoms with Crippen LogP contribution in [0, 0.1) is 0 Å². The quantitative estimate of drug-likeness (QED) is 0.589. The van der Waals surface area contributed by atoms with Gasteiger partial charge in [0.1, 0.15) is 20.0 Å². The first-order valence-corrected chi connectivity index (χ1v) is 12.2. The second-order valence-corrected chi connectivity index (χ2v) is 11.2. The molecule has 0 amide bonds. The summed E-state index contributed by atoms with van der Waals surface area (Å²) in [6, 6.07) is 11.1. The lowest BCUT2D eigenvalue weighted by atomic mass is 9.89. The van der Waals surface area contributed by atoms with Crippen molar-refractivity contribution in [3.63, 3.8) is 0 Å². The van der Waals surface area contributed by atoms with Gasteiger partial charge in [-0.05, 0) is 46.6 Å². The number of hydrogen-bond acceptors (Lipinski definition) is 4.